The van der Waals surface area contributed by atoms with Gasteiger partial charge in [0, 0.05) is 22.3 Å². The Labute approximate surface area is 137 Å². The molecule has 21 heavy (non-hydrogen) atoms. The van der Waals surface area contributed by atoms with Gasteiger partial charge in [0.1, 0.15) is 0 Å². The molecule has 2 heterocycles. The number of hydrogen-bond acceptors (Lipinski definition) is 2. The zero-order valence-electron chi connectivity index (χ0n) is 12.0. The SMILES string of the molecule is CCC1c2ccsc2CCN1C(=O)c1ccc(CBr)cc1. The van der Waals surface area contributed by atoms with Gasteiger partial charge in [-0.25, -0.2) is 0 Å². The largest absolute Gasteiger partial charge is 0.331 e. The van der Waals surface area contributed by atoms with Crippen molar-refractivity contribution in [2.24, 2.45) is 0 Å². The number of carbonyl (C=O) groups is 1. The van der Waals surface area contributed by atoms with E-state index >= 15 is 0 Å². The first kappa shape index (κ1) is 14.8. The quantitative estimate of drug-likeness (QED) is 0.717. The van der Waals surface area contributed by atoms with E-state index in [1.807, 2.05) is 40.5 Å². The molecule has 3 rings (SSSR count). The van der Waals surface area contributed by atoms with Crippen molar-refractivity contribution in [1.29, 1.82) is 0 Å². The highest BCUT2D eigenvalue weighted by molar-refractivity contribution is 9.08. The summed E-state index contributed by atoms with van der Waals surface area (Å²) in [5.41, 5.74) is 3.33. The third kappa shape index (κ3) is 2.79. The number of hydrogen-bond donors (Lipinski definition) is 0. The molecule has 2 nitrogen and oxygen atoms in total. The van der Waals surface area contributed by atoms with Gasteiger partial charge in [0.15, 0.2) is 0 Å². The van der Waals surface area contributed by atoms with Gasteiger partial charge in [-0.05, 0) is 47.5 Å². The fraction of sp³-hybridized carbons (Fsp3) is 0.353. The third-order valence-corrected chi connectivity index (χ3v) is 5.74. The zero-order valence-corrected chi connectivity index (χ0v) is 14.4. The molecule has 1 unspecified atom stereocenters. The van der Waals surface area contributed by atoms with Gasteiger partial charge in [0.2, 0.25) is 0 Å². The molecule has 0 saturated heterocycles. The van der Waals surface area contributed by atoms with E-state index in [0.29, 0.717) is 0 Å². The molecule has 1 aromatic carbocycles. The van der Waals surface area contributed by atoms with Crippen LogP contribution in [0.25, 0.3) is 0 Å². The number of carbonyl (C=O) groups excluding carboxylic acids is 1. The molecule has 110 valence electrons. The molecule has 4 heteroatoms. The summed E-state index contributed by atoms with van der Waals surface area (Å²) < 4.78 is 0. The average molecular weight is 364 g/mol. The van der Waals surface area contributed by atoms with Gasteiger partial charge < -0.3 is 4.90 Å². The molecular weight excluding hydrogens is 346 g/mol. The van der Waals surface area contributed by atoms with Crippen LogP contribution in [-0.4, -0.2) is 17.4 Å². The minimum Gasteiger partial charge on any atom is -0.331 e. The summed E-state index contributed by atoms with van der Waals surface area (Å²) >= 11 is 5.25. The molecule has 0 N–H and O–H groups in total. The summed E-state index contributed by atoms with van der Waals surface area (Å²) in [4.78, 5) is 16.3. The monoisotopic (exact) mass is 363 g/mol. The molecule has 0 radical (unpaired) electrons. The molecule has 0 spiro atoms. The Morgan fingerprint density at radius 1 is 1.33 bits per heavy atom. The van der Waals surface area contributed by atoms with Crippen molar-refractivity contribution < 1.29 is 4.79 Å². The summed E-state index contributed by atoms with van der Waals surface area (Å²) in [6, 6.07) is 10.3. The molecular formula is C17H18BrNOS. The lowest BCUT2D eigenvalue weighted by Gasteiger charge is -2.35. The van der Waals surface area contributed by atoms with Gasteiger partial charge in [-0.2, -0.15) is 0 Å². The molecule has 0 fully saturated rings. The standard InChI is InChI=1S/C17H18BrNOS/c1-2-15-14-8-10-21-16(14)7-9-19(15)17(20)13-5-3-12(11-18)4-6-13/h3-6,8,10,15H,2,7,9,11H2,1H3. The second kappa shape index (κ2) is 6.32. The number of halogens is 1. The van der Waals surface area contributed by atoms with Crippen molar-refractivity contribution in [2.75, 3.05) is 6.54 Å². The summed E-state index contributed by atoms with van der Waals surface area (Å²) in [5.74, 6) is 0.153. The van der Waals surface area contributed by atoms with E-state index in [-0.39, 0.29) is 11.9 Å². The van der Waals surface area contributed by atoms with E-state index in [9.17, 15) is 4.79 Å². The molecule has 1 aliphatic heterocycles. The molecule has 2 aromatic rings. The molecule has 1 aliphatic rings. The van der Waals surface area contributed by atoms with Crippen molar-refractivity contribution in [3.8, 4) is 0 Å². The highest BCUT2D eigenvalue weighted by Crippen LogP contribution is 2.35. The minimum atomic E-state index is 0.153. The van der Waals surface area contributed by atoms with E-state index < -0.39 is 0 Å². The highest BCUT2D eigenvalue weighted by Gasteiger charge is 2.30. The van der Waals surface area contributed by atoms with Crippen LogP contribution in [0.3, 0.4) is 0 Å². The Morgan fingerprint density at radius 3 is 2.76 bits per heavy atom. The normalized spacial score (nSPS) is 17.6. The van der Waals surface area contributed by atoms with Crippen LogP contribution >= 0.6 is 27.3 Å². The number of amides is 1. The fourth-order valence-electron chi connectivity index (χ4n) is 2.98. The highest BCUT2D eigenvalue weighted by atomic mass is 79.9. The predicted molar refractivity (Wildman–Crippen MR) is 91.2 cm³/mol. The smallest absolute Gasteiger partial charge is 0.254 e. The zero-order chi connectivity index (χ0) is 14.8. The lowest BCUT2D eigenvalue weighted by molar-refractivity contribution is 0.0657. The molecule has 1 amide bonds. The summed E-state index contributed by atoms with van der Waals surface area (Å²) in [6.07, 6.45) is 1.95. The van der Waals surface area contributed by atoms with Crippen LogP contribution in [-0.2, 0) is 11.8 Å². The molecule has 0 saturated carbocycles. The third-order valence-electron chi connectivity index (χ3n) is 4.10. The number of alkyl halides is 1. The van der Waals surface area contributed by atoms with Crippen LogP contribution in [0, 0.1) is 0 Å². The van der Waals surface area contributed by atoms with Crippen molar-refractivity contribution in [1.82, 2.24) is 4.90 Å². The second-order valence-corrected chi connectivity index (χ2v) is 6.86. The minimum absolute atomic E-state index is 0.153. The van der Waals surface area contributed by atoms with Crippen LogP contribution in [0.5, 0.6) is 0 Å². The van der Waals surface area contributed by atoms with Gasteiger partial charge in [-0.3, -0.25) is 4.79 Å². The van der Waals surface area contributed by atoms with Crippen molar-refractivity contribution in [2.45, 2.75) is 31.1 Å². The Kier molecular flexibility index (Phi) is 4.45. The Morgan fingerprint density at radius 2 is 2.10 bits per heavy atom. The van der Waals surface area contributed by atoms with E-state index in [4.69, 9.17) is 0 Å². The Hall–Kier alpha value is -1.13. The summed E-state index contributed by atoms with van der Waals surface area (Å²) in [6.45, 7) is 2.98. The van der Waals surface area contributed by atoms with Crippen LogP contribution in [0.4, 0.5) is 0 Å². The number of nitrogens with zero attached hydrogens (tertiary/aromatic N) is 1. The maximum Gasteiger partial charge on any atom is 0.254 e. The summed E-state index contributed by atoms with van der Waals surface area (Å²) in [5, 5.41) is 2.97. The molecule has 0 bridgehead atoms. The van der Waals surface area contributed by atoms with Crippen LogP contribution in [0.1, 0.15) is 45.7 Å². The van der Waals surface area contributed by atoms with E-state index in [1.54, 1.807) is 0 Å². The summed E-state index contributed by atoms with van der Waals surface area (Å²) in [7, 11) is 0. The van der Waals surface area contributed by atoms with Crippen LogP contribution < -0.4 is 0 Å². The topological polar surface area (TPSA) is 20.3 Å². The molecule has 1 aromatic heterocycles. The first-order chi connectivity index (χ1) is 10.2. The first-order valence-corrected chi connectivity index (χ1v) is 9.26. The maximum absolute atomic E-state index is 12.8. The number of benzene rings is 1. The maximum atomic E-state index is 12.8. The molecule has 1 atom stereocenters. The van der Waals surface area contributed by atoms with Gasteiger partial charge in [0.05, 0.1) is 6.04 Å². The first-order valence-electron chi connectivity index (χ1n) is 7.26. The predicted octanol–water partition coefficient (Wildman–Crippen LogP) is 4.79. The number of rotatable bonds is 3. The van der Waals surface area contributed by atoms with E-state index in [1.165, 1.54) is 16.0 Å². The van der Waals surface area contributed by atoms with Gasteiger partial charge in [-0.1, -0.05) is 35.0 Å². The second-order valence-electron chi connectivity index (χ2n) is 5.30. The molecule has 0 aliphatic carbocycles. The van der Waals surface area contributed by atoms with Crippen molar-refractivity contribution in [3.05, 3.63) is 57.3 Å². The van der Waals surface area contributed by atoms with Gasteiger partial charge in [-0.15, -0.1) is 11.3 Å². The number of thiophene rings is 1. The van der Waals surface area contributed by atoms with E-state index in [0.717, 1.165) is 30.3 Å². The Bertz CT molecular complexity index is 634. The van der Waals surface area contributed by atoms with Crippen molar-refractivity contribution in [3.63, 3.8) is 0 Å². The van der Waals surface area contributed by atoms with Crippen LogP contribution in [0.15, 0.2) is 35.7 Å². The Balaban J connectivity index is 1.87. The lowest BCUT2D eigenvalue weighted by atomic mass is 9.96. The number of fused-ring (bicyclic) bond motifs is 1. The van der Waals surface area contributed by atoms with Gasteiger partial charge in [0.25, 0.3) is 5.91 Å². The van der Waals surface area contributed by atoms with Crippen molar-refractivity contribution >= 4 is 33.2 Å². The van der Waals surface area contributed by atoms with Crippen LogP contribution in [0.2, 0.25) is 0 Å². The van der Waals surface area contributed by atoms with Gasteiger partial charge >= 0.3 is 0 Å². The average Bonchev–Trinajstić information content (AvgIpc) is 3.02. The lowest BCUT2D eigenvalue weighted by Crippen LogP contribution is -2.39. The van der Waals surface area contributed by atoms with E-state index in [2.05, 4.69) is 34.3 Å². The fourth-order valence-corrected chi connectivity index (χ4v) is 4.28.